The van der Waals surface area contributed by atoms with E-state index in [1.54, 1.807) is 45.9 Å². The summed E-state index contributed by atoms with van der Waals surface area (Å²) in [5.41, 5.74) is -0.375. The van der Waals surface area contributed by atoms with E-state index in [1.807, 2.05) is 13.8 Å². The van der Waals surface area contributed by atoms with Crippen molar-refractivity contribution in [3.8, 4) is 5.75 Å². The van der Waals surface area contributed by atoms with Gasteiger partial charge in [0.2, 0.25) is 11.8 Å². The van der Waals surface area contributed by atoms with Crippen LogP contribution in [0.3, 0.4) is 0 Å². The highest BCUT2D eigenvalue weighted by Crippen LogP contribution is 2.30. The lowest BCUT2D eigenvalue weighted by Gasteiger charge is -2.35. The van der Waals surface area contributed by atoms with Crippen molar-refractivity contribution >= 4 is 17.9 Å². The largest absolute Gasteiger partial charge is 0.508 e. The van der Waals surface area contributed by atoms with Crippen LogP contribution in [-0.2, 0) is 14.3 Å². The number of nitrogens with zero attached hydrogens (tertiary/aromatic N) is 1. The SMILES string of the molecule is CCCCCNC(=O)C(c1ccccc1O)N(CC)C(=O)C(NC(=O)OC(C)(C)C)C(C)CC. The maximum absolute atomic E-state index is 13.8. The summed E-state index contributed by atoms with van der Waals surface area (Å²) in [4.78, 5) is 41.0. The number of unbranched alkanes of at least 4 members (excludes halogenated alkanes) is 2. The quantitative estimate of drug-likeness (QED) is 0.383. The van der Waals surface area contributed by atoms with Gasteiger partial charge in [-0.1, -0.05) is 58.2 Å². The second kappa shape index (κ2) is 13.8. The van der Waals surface area contributed by atoms with Gasteiger partial charge in [0.25, 0.3) is 0 Å². The van der Waals surface area contributed by atoms with Crippen molar-refractivity contribution in [3.63, 3.8) is 0 Å². The number of aromatic hydroxyl groups is 1. The van der Waals surface area contributed by atoms with E-state index in [0.717, 1.165) is 19.3 Å². The summed E-state index contributed by atoms with van der Waals surface area (Å²) in [6, 6.07) is 4.60. The lowest BCUT2D eigenvalue weighted by molar-refractivity contribution is -0.143. The lowest BCUT2D eigenvalue weighted by atomic mass is 9.95. The number of benzene rings is 1. The summed E-state index contributed by atoms with van der Waals surface area (Å²) < 4.78 is 5.37. The Hall–Kier alpha value is -2.77. The minimum Gasteiger partial charge on any atom is -0.508 e. The number of para-hydroxylation sites is 1. The molecule has 1 rings (SSSR count). The minimum atomic E-state index is -1.03. The zero-order valence-corrected chi connectivity index (χ0v) is 21.8. The van der Waals surface area contributed by atoms with Gasteiger partial charge in [0.1, 0.15) is 23.4 Å². The fourth-order valence-corrected chi connectivity index (χ4v) is 3.61. The van der Waals surface area contributed by atoms with Crippen molar-refractivity contribution in [3.05, 3.63) is 29.8 Å². The minimum absolute atomic E-state index is 0.0670. The predicted octanol–water partition coefficient (Wildman–Crippen LogP) is 4.53. The van der Waals surface area contributed by atoms with Crippen LogP contribution in [0.1, 0.15) is 85.8 Å². The molecule has 0 aromatic heterocycles. The van der Waals surface area contributed by atoms with Crippen LogP contribution in [0.15, 0.2) is 24.3 Å². The van der Waals surface area contributed by atoms with Crippen LogP contribution in [0.5, 0.6) is 5.75 Å². The number of likely N-dealkylation sites (N-methyl/N-ethyl adjacent to an activating group) is 1. The number of hydrogen-bond donors (Lipinski definition) is 3. The number of nitrogens with one attached hydrogen (secondary N) is 2. The molecule has 0 aliphatic heterocycles. The Morgan fingerprint density at radius 1 is 1.09 bits per heavy atom. The van der Waals surface area contributed by atoms with Crippen LogP contribution in [0.4, 0.5) is 4.79 Å². The van der Waals surface area contributed by atoms with Gasteiger partial charge in [-0.15, -0.1) is 0 Å². The number of carbonyl (C=O) groups is 3. The van der Waals surface area contributed by atoms with Gasteiger partial charge >= 0.3 is 6.09 Å². The van der Waals surface area contributed by atoms with Crippen LogP contribution in [0.2, 0.25) is 0 Å². The predicted molar refractivity (Wildman–Crippen MR) is 133 cm³/mol. The molecule has 3 amide bonds. The zero-order valence-electron chi connectivity index (χ0n) is 21.8. The van der Waals surface area contributed by atoms with Crippen molar-refractivity contribution in [2.45, 2.75) is 91.8 Å². The Morgan fingerprint density at radius 3 is 2.26 bits per heavy atom. The topological polar surface area (TPSA) is 108 Å². The van der Waals surface area contributed by atoms with E-state index >= 15 is 0 Å². The Kier molecular flexibility index (Phi) is 11.9. The number of phenolic OH excluding ortho intramolecular Hbond substituents is 1. The first-order chi connectivity index (χ1) is 16.0. The molecule has 1 aromatic carbocycles. The third kappa shape index (κ3) is 8.88. The normalized spacial score (nSPS) is 14.0. The molecule has 192 valence electrons. The number of phenols is 1. The fraction of sp³-hybridized carbons (Fsp3) is 0.654. The van der Waals surface area contributed by atoms with E-state index in [1.165, 1.54) is 11.0 Å². The van der Waals surface area contributed by atoms with Crippen molar-refractivity contribution < 1.29 is 24.2 Å². The number of alkyl carbamates (subject to hydrolysis) is 1. The number of ether oxygens (including phenoxy) is 1. The maximum Gasteiger partial charge on any atom is 0.408 e. The molecule has 0 radical (unpaired) electrons. The molecule has 3 atom stereocenters. The average molecular weight is 478 g/mol. The summed E-state index contributed by atoms with van der Waals surface area (Å²) in [5.74, 6) is -1.04. The van der Waals surface area contributed by atoms with Gasteiger partial charge in [-0.05, 0) is 46.1 Å². The molecule has 0 bridgehead atoms. The van der Waals surface area contributed by atoms with Gasteiger partial charge in [0.15, 0.2) is 0 Å². The molecular weight excluding hydrogens is 434 g/mol. The number of carbonyl (C=O) groups excluding carboxylic acids is 3. The molecule has 0 saturated heterocycles. The Labute approximate surface area is 204 Å². The molecule has 3 N–H and O–H groups in total. The van der Waals surface area contributed by atoms with E-state index < -0.39 is 29.7 Å². The number of rotatable bonds is 12. The Balaban J connectivity index is 3.31. The standard InChI is InChI=1S/C26H43N3O5/c1-8-11-14-17-27-23(31)22(19-15-12-13-16-20(19)30)29(10-3)24(32)21(18(4)9-2)28-25(33)34-26(5,6)7/h12-13,15-16,18,21-22,30H,8-11,14,17H2,1-7H3,(H,27,31)(H,28,33). The smallest absolute Gasteiger partial charge is 0.408 e. The molecule has 0 aliphatic rings. The van der Waals surface area contributed by atoms with Crippen LogP contribution in [0.25, 0.3) is 0 Å². The maximum atomic E-state index is 13.8. The van der Waals surface area contributed by atoms with Gasteiger partial charge in [-0.2, -0.15) is 0 Å². The van der Waals surface area contributed by atoms with Gasteiger partial charge in [-0.25, -0.2) is 4.79 Å². The van der Waals surface area contributed by atoms with Crippen molar-refractivity contribution in [1.29, 1.82) is 0 Å². The first kappa shape index (κ1) is 29.3. The molecule has 3 unspecified atom stereocenters. The summed E-state index contributed by atoms with van der Waals surface area (Å²) in [7, 11) is 0. The van der Waals surface area contributed by atoms with E-state index in [4.69, 9.17) is 4.74 Å². The zero-order chi connectivity index (χ0) is 25.9. The fourth-order valence-electron chi connectivity index (χ4n) is 3.61. The molecule has 1 aromatic rings. The van der Waals surface area contributed by atoms with Crippen LogP contribution >= 0.6 is 0 Å². The molecule has 0 aliphatic carbocycles. The highest BCUT2D eigenvalue weighted by atomic mass is 16.6. The second-order valence-electron chi connectivity index (χ2n) is 9.59. The van der Waals surface area contributed by atoms with Crippen LogP contribution < -0.4 is 10.6 Å². The number of hydrogen-bond acceptors (Lipinski definition) is 5. The summed E-state index contributed by atoms with van der Waals surface area (Å²) >= 11 is 0. The third-order valence-corrected chi connectivity index (χ3v) is 5.65. The summed E-state index contributed by atoms with van der Waals surface area (Å²) in [6.07, 6.45) is 2.77. The highest BCUT2D eigenvalue weighted by Gasteiger charge is 2.38. The molecule has 0 heterocycles. The Bertz CT molecular complexity index is 806. The number of amides is 3. The van der Waals surface area contributed by atoms with Crippen molar-refractivity contribution in [2.75, 3.05) is 13.1 Å². The van der Waals surface area contributed by atoms with E-state index in [9.17, 15) is 19.5 Å². The second-order valence-corrected chi connectivity index (χ2v) is 9.59. The molecule has 0 fully saturated rings. The van der Waals surface area contributed by atoms with E-state index in [2.05, 4.69) is 17.6 Å². The monoisotopic (exact) mass is 477 g/mol. The van der Waals surface area contributed by atoms with Crippen LogP contribution in [-0.4, -0.2) is 52.6 Å². The summed E-state index contributed by atoms with van der Waals surface area (Å²) in [5, 5.41) is 16.1. The van der Waals surface area contributed by atoms with Gasteiger partial charge < -0.3 is 25.4 Å². The molecule has 0 spiro atoms. The van der Waals surface area contributed by atoms with Gasteiger partial charge in [0.05, 0.1) is 0 Å². The van der Waals surface area contributed by atoms with Gasteiger partial charge in [0, 0.05) is 18.7 Å². The molecule has 8 heteroatoms. The first-order valence-corrected chi connectivity index (χ1v) is 12.3. The molecular formula is C26H43N3O5. The Morgan fingerprint density at radius 2 is 1.74 bits per heavy atom. The third-order valence-electron chi connectivity index (χ3n) is 5.65. The first-order valence-electron chi connectivity index (χ1n) is 12.3. The average Bonchev–Trinajstić information content (AvgIpc) is 2.77. The van der Waals surface area contributed by atoms with E-state index in [0.29, 0.717) is 18.5 Å². The van der Waals surface area contributed by atoms with Crippen LogP contribution in [0, 0.1) is 5.92 Å². The molecule has 0 saturated carbocycles. The van der Waals surface area contributed by atoms with E-state index in [-0.39, 0.29) is 24.1 Å². The van der Waals surface area contributed by atoms with Crippen molar-refractivity contribution in [1.82, 2.24) is 15.5 Å². The van der Waals surface area contributed by atoms with Gasteiger partial charge in [-0.3, -0.25) is 9.59 Å². The van der Waals surface area contributed by atoms with Crippen molar-refractivity contribution in [2.24, 2.45) is 5.92 Å². The summed E-state index contributed by atoms with van der Waals surface area (Å²) in [6.45, 7) is 13.6. The highest BCUT2D eigenvalue weighted by molar-refractivity contribution is 5.92. The lowest BCUT2D eigenvalue weighted by Crippen LogP contribution is -2.55. The molecule has 8 nitrogen and oxygen atoms in total. The molecule has 34 heavy (non-hydrogen) atoms.